The molecule has 1 aliphatic heterocycles. The van der Waals surface area contributed by atoms with Crippen LogP contribution in [0.15, 0.2) is 63.8 Å². The Balaban J connectivity index is 1.28. The fourth-order valence-electron chi connectivity index (χ4n) is 3.43. The van der Waals surface area contributed by atoms with E-state index in [0.29, 0.717) is 61.7 Å². The Morgan fingerprint density at radius 3 is 2.45 bits per heavy atom. The van der Waals surface area contributed by atoms with Gasteiger partial charge >= 0.3 is 0 Å². The van der Waals surface area contributed by atoms with Gasteiger partial charge in [0.15, 0.2) is 0 Å². The van der Waals surface area contributed by atoms with E-state index in [0.717, 1.165) is 0 Å². The fraction of sp³-hybridized carbons (Fsp3) is 0.273. The number of amides is 2. The first-order chi connectivity index (χ1) is 14.1. The Morgan fingerprint density at radius 1 is 0.966 bits per heavy atom. The predicted octanol–water partition coefficient (Wildman–Crippen LogP) is 3.60. The molecule has 1 aliphatic rings. The Bertz CT molecular complexity index is 988. The molecule has 0 saturated carbocycles. The van der Waals surface area contributed by atoms with Gasteiger partial charge in [0, 0.05) is 39.0 Å². The van der Waals surface area contributed by atoms with E-state index in [9.17, 15) is 14.0 Å². The predicted molar refractivity (Wildman–Crippen MR) is 104 cm³/mol. The molecule has 1 fully saturated rings. The fourth-order valence-corrected chi connectivity index (χ4v) is 3.43. The van der Waals surface area contributed by atoms with Crippen LogP contribution in [-0.4, -0.2) is 47.8 Å². The van der Waals surface area contributed by atoms with Gasteiger partial charge in [-0.25, -0.2) is 4.39 Å². The van der Waals surface area contributed by atoms with Gasteiger partial charge in [-0.2, -0.15) is 0 Å². The van der Waals surface area contributed by atoms with Crippen molar-refractivity contribution in [2.45, 2.75) is 12.8 Å². The van der Waals surface area contributed by atoms with Crippen molar-refractivity contribution in [3.8, 4) is 11.3 Å². The van der Waals surface area contributed by atoms with Gasteiger partial charge in [-0.3, -0.25) is 9.59 Å². The molecule has 150 valence electrons. The number of piperazine rings is 1. The minimum atomic E-state index is -0.340. The number of hydrogen-bond acceptors (Lipinski definition) is 4. The lowest BCUT2D eigenvalue weighted by molar-refractivity contribution is -0.132. The van der Waals surface area contributed by atoms with Crippen LogP contribution < -0.4 is 0 Å². The van der Waals surface area contributed by atoms with Crippen LogP contribution in [0.3, 0.4) is 0 Å². The molecule has 0 aliphatic carbocycles. The van der Waals surface area contributed by atoms with E-state index in [2.05, 4.69) is 0 Å². The van der Waals surface area contributed by atoms with Crippen molar-refractivity contribution in [1.82, 2.24) is 9.80 Å². The van der Waals surface area contributed by atoms with E-state index in [1.165, 1.54) is 18.6 Å². The zero-order valence-corrected chi connectivity index (χ0v) is 15.8. The van der Waals surface area contributed by atoms with Gasteiger partial charge in [0.05, 0.1) is 17.4 Å². The largest absolute Gasteiger partial charge is 0.472 e. The average Bonchev–Trinajstić information content (AvgIpc) is 3.44. The van der Waals surface area contributed by atoms with Gasteiger partial charge in [-0.1, -0.05) is 12.1 Å². The van der Waals surface area contributed by atoms with Gasteiger partial charge in [0.1, 0.15) is 23.6 Å². The summed E-state index contributed by atoms with van der Waals surface area (Å²) in [4.78, 5) is 28.3. The van der Waals surface area contributed by atoms with Crippen LogP contribution in [0, 0.1) is 5.82 Å². The van der Waals surface area contributed by atoms with Gasteiger partial charge in [0.2, 0.25) is 5.91 Å². The molecular weight excluding hydrogens is 375 g/mol. The van der Waals surface area contributed by atoms with Crippen molar-refractivity contribution in [3.63, 3.8) is 0 Å². The number of carbonyl (C=O) groups is 2. The molecule has 0 unspecified atom stereocenters. The van der Waals surface area contributed by atoms with Gasteiger partial charge in [-0.05, 0) is 30.3 Å². The summed E-state index contributed by atoms with van der Waals surface area (Å²) in [6.07, 6.45) is 3.65. The van der Waals surface area contributed by atoms with Crippen LogP contribution in [-0.2, 0) is 11.2 Å². The lowest BCUT2D eigenvalue weighted by Gasteiger charge is -2.34. The third-order valence-corrected chi connectivity index (χ3v) is 5.07. The number of furan rings is 2. The number of rotatable bonds is 5. The molecule has 1 saturated heterocycles. The summed E-state index contributed by atoms with van der Waals surface area (Å²) >= 11 is 0. The van der Waals surface area contributed by atoms with Crippen molar-refractivity contribution >= 4 is 11.8 Å². The molecule has 1 aromatic carbocycles. The molecule has 4 rings (SSSR count). The number of benzene rings is 1. The number of hydrogen-bond donors (Lipinski definition) is 0. The summed E-state index contributed by atoms with van der Waals surface area (Å²) in [5.41, 5.74) is 0.928. The molecule has 6 nitrogen and oxygen atoms in total. The average molecular weight is 396 g/mol. The first kappa shape index (κ1) is 19.0. The van der Waals surface area contributed by atoms with Crippen molar-refractivity contribution in [1.29, 1.82) is 0 Å². The van der Waals surface area contributed by atoms with Crippen molar-refractivity contribution < 1.29 is 22.8 Å². The van der Waals surface area contributed by atoms with Crippen molar-refractivity contribution in [2.24, 2.45) is 0 Å². The monoisotopic (exact) mass is 396 g/mol. The van der Waals surface area contributed by atoms with Crippen LogP contribution in [0.5, 0.6) is 0 Å². The highest BCUT2D eigenvalue weighted by molar-refractivity contribution is 5.94. The zero-order chi connectivity index (χ0) is 20.2. The molecule has 2 aromatic heterocycles. The van der Waals surface area contributed by atoms with Crippen LogP contribution >= 0.6 is 0 Å². The Morgan fingerprint density at radius 2 is 1.72 bits per heavy atom. The second-order valence-electron chi connectivity index (χ2n) is 6.93. The van der Waals surface area contributed by atoms with Crippen LogP contribution in [0.1, 0.15) is 22.5 Å². The Kier molecular flexibility index (Phi) is 5.46. The molecule has 0 radical (unpaired) electrons. The zero-order valence-electron chi connectivity index (χ0n) is 15.8. The summed E-state index contributed by atoms with van der Waals surface area (Å²) in [5.74, 6) is 0.695. The smallest absolute Gasteiger partial charge is 0.257 e. The second-order valence-corrected chi connectivity index (χ2v) is 6.93. The summed E-state index contributed by atoms with van der Waals surface area (Å²) in [7, 11) is 0. The summed E-state index contributed by atoms with van der Waals surface area (Å²) in [6.45, 7) is 1.99. The quantitative estimate of drug-likeness (QED) is 0.661. The first-order valence-corrected chi connectivity index (χ1v) is 9.54. The highest BCUT2D eigenvalue weighted by Crippen LogP contribution is 2.25. The maximum Gasteiger partial charge on any atom is 0.257 e. The lowest BCUT2D eigenvalue weighted by Crippen LogP contribution is -2.50. The SMILES string of the molecule is O=C(CCc1ccc(-c2ccccc2F)o1)N1CCN(C(=O)c2ccoc2)CC1. The summed E-state index contributed by atoms with van der Waals surface area (Å²) < 4.78 is 24.5. The molecule has 7 heteroatoms. The van der Waals surface area contributed by atoms with Crippen molar-refractivity contribution in [2.75, 3.05) is 26.2 Å². The normalized spacial score (nSPS) is 14.2. The molecule has 2 amide bonds. The van der Waals surface area contributed by atoms with Crippen LogP contribution in [0.4, 0.5) is 4.39 Å². The van der Waals surface area contributed by atoms with E-state index < -0.39 is 0 Å². The van der Waals surface area contributed by atoms with Crippen LogP contribution in [0.2, 0.25) is 0 Å². The number of nitrogens with zero attached hydrogens (tertiary/aromatic N) is 2. The maximum atomic E-state index is 13.9. The third-order valence-electron chi connectivity index (χ3n) is 5.07. The lowest BCUT2D eigenvalue weighted by atomic mass is 10.1. The summed E-state index contributed by atoms with van der Waals surface area (Å²) in [6, 6.07) is 11.6. The molecule has 0 N–H and O–H groups in total. The minimum Gasteiger partial charge on any atom is -0.472 e. The molecule has 29 heavy (non-hydrogen) atoms. The first-order valence-electron chi connectivity index (χ1n) is 9.54. The van der Waals surface area contributed by atoms with Gasteiger partial charge in [-0.15, -0.1) is 0 Å². The van der Waals surface area contributed by atoms with E-state index in [1.54, 1.807) is 46.2 Å². The molecular formula is C22H21FN2O4. The van der Waals surface area contributed by atoms with E-state index in [-0.39, 0.29) is 17.6 Å². The standard InChI is InChI=1S/C22H21FN2O4/c23-19-4-2-1-3-18(19)20-7-5-17(29-20)6-8-21(26)24-10-12-25(13-11-24)22(27)16-9-14-28-15-16/h1-5,7,9,14-15H,6,8,10-13H2. The van der Waals surface area contributed by atoms with E-state index in [4.69, 9.17) is 8.83 Å². The molecule has 0 bridgehead atoms. The van der Waals surface area contributed by atoms with E-state index in [1.807, 2.05) is 0 Å². The van der Waals surface area contributed by atoms with Crippen molar-refractivity contribution in [3.05, 3.63) is 72.1 Å². The number of halogens is 1. The maximum absolute atomic E-state index is 13.9. The molecule has 3 heterocycles. The Labute approximate surface area is 167 Å². The highest BCUT2D eigenvalue weighted by Gasteiger charge is 2.25. The minimum absolute atomic E-state index is 0.0178. The number of aryl methyl sites for hydroxylation is 1. The van der Waals surface area contributed by atoms with Crippen LogP contribution in [0.25, 0.3) is 11.3 Å². The molecule has 0 spiro atoms. The Hall–Kier alpha value is -3.35. The molecule has 0 atom stereocenters. The third kappa shape index (κ3) is 4.23. The summed E-state index contributed by atoms with van der Waals surface area (Å²) in [5, 5.41) is 0. The van der Waals surface area contributed by atoms with Gasteiger partial charge in [0.25, 0.3) is 5.91 Å². The second kappa shape index (κ2) is 8.34. The number of carbonyl (C=O) groups excluding carboxylic acids is 2. The van der Waals surface area contributed by atoms with E-state index >= 15 is 0 Å². The molecule has 3 aromatic rings. The topological polar surface area (TPSA) is 66.9 Å². The van der Waals surface area contributed by atoms with Gasteiger partial charge < -0.3 is 18.6 Å². The highest BCUT2D eigenvalue weighted by atomic mass is 19.1.